The molecule has 0 saturated carbocycles. The van der Waals surface area contributed by atoms with Crippen LogP contribution in [-0.4, -0.2) is 32.5 Å². The van der Waals surface area contributed by atoms with E-state index in [1.54, 1.807) is 11.3 Å². The number of aryl methyl sites for hydroxylation is 1. The van der Waals surface area contributed by atoms with Crippen molar-refractivity contribution in [3.63, 3.8) is 0 Å². The van der Waals surface area contributed by atoms with Crippen LogP contribution in [0.3, 0.4) is 0 Å². The number of carbonyl (C=O) groups excluding carboxylic acids is 1. The van der Waals surface area contributed by atoms with Gasteiger partial charge in [-0.3, -0.25) is 4.79 Å². The summed E-state index contributed by atoms with van der Waals surface area (Å²) in [6.45, 7) is 6.72. The summed E-state index contributed by atoms with van der Waals surface area (Å²) in [5, 5.41) is 7.00. The number of hydrogen-bond donors (Lipinski definition) is 0. The third kappa shape index (κ3) is 3.04. The van der Waals surface area contributed by atoms with Gasteiger partial charge in [-0.1, -0.05) is 19.0 Å². The average Bonchev–Trinajstić information content (AvgIpc) is 3.16. The maximum atomic E-state index is 12.6. The highest BCUT2D eigenvalue weighted by Gasteiger charge is 2.33. The fourth-order valence-electron chi connectivity index (χ4n) is 2.70. The molecule has 0 bridgehead atoms. The quantitative estimate of drug-likeness (QED) is 0.866. The number of carbonyl (C=O) groups is 1. The van der Waals surface area contributed by atoms with Crippen molar-refractivity contribution in [1.29, 1.82) is 0 Å². The summed E-state index contributed by atoms with van der Waals surface area (Å²) in [5.74, 6) is 1.54. The van der Waals surface area contributed by atoms with Gasteiger partial charge in [0.2, 0.25) is 11.8 Å². The van der Waals surface area contributed by atoms with Crippen molar-refractivity contribution >= 4 is 17.2 Å². The van der Waals surface area contributed by atoms with Gasteiger partial charge in [-0.25, -0.2) is 4.98 Å². The van der Waals surface area contributed by atoms with Gasteiger partial charge in [0.25, 0.3) is 0 Å². The molecule has 0 spiro atoms. The van der Waals surface area contributed by atoms with Crippen LogP contribution in [0.4, 0.5) is 0 Å². The second kappa shape index (κ2) is 6.16. The Kier molecular flexibility index (Phi) is 4.24. The summed E-state index contributed by atoms with van der Waals surface area (Å²) < 4.78 is 5.28. The Morgan fingerprint density at radius 1 is 1.50 bits per heavy atom. The molecule has 22 heavy (non-hydrogen) atoms. The molecule has 7 heteroatoms. The van der Waals surface area contributed by atoms with Crippen molar-refractivity contribution in [3.8, 4) is 0 Å². The van der Waals surface area contributed by atoms with Crippen LogP contribution in [0.1, 0.15) is 61.1 Å². The van der Waals surface area contributed by atoms with Gasteiger partial charge in [-0.05, 0) is 19.8 Å². The molecule has 2 aromatic heterocycles. The van der Waals surface area contributed by atoms with E-state index in [9.17, 15) is 4.79 Å². The van der Waals surface area contributed by atoms with Gasteiger partial charge in [0, 0.05) is 17.8 Å². The van der Waals surface area contributed by atoms with Crippen molar-refractivity contribution in [1.82, 2.24) is 20.0 Å². The minimum absolute atomic E-state index is 0.0662. The SMILES string of the molecule is Cc1nc(CC(=O)N2CCC[C@@H]2c2noc(C(C)C)n2)cs1. The molecule has 3 heterocycles. The zero-order chi connectivity index (χ0) is 15.7. The van der Waals surface area contributed by atoms with E-state index in [4.69, 9.17) is 4.52 Å². The summed E-state index contributed by atoms with van der Waals surface area (Å²) in [4.78, 5) is 23.2. The molecule has 0 aliphatic carbocycles. The minimum Gasteiger partial charge on any atom is -0.339 e. The summed E-state index contributed by atoms with van der Waals surface area (Å²) in [5.41, 5.74) is 0.842. The van der Waals surface area contributed by atoms with Crippen molar-refractivity contribution < 1.29 is 9.32 Å². The van der Waals surface area contributed by atoms with E-state index in [1.165, 1.54) is 0 Å². The first-order valence-electron chi connectivity index (χ1n) is 7.58. The van der Waals surface area contributed by atoms with Crippen molar-refractivity contribution in [2.24, 2.45) is 0 Å². The lowest BCUT2D eigenvalue weighted by molar-refractivity contribution is -0.131. The van der Waals surface area contributed by atoms with E-state index in [-0.39, 0.29) is 17.9 Å². The van der Waals surface area contributed by atoms with E-state index in [0.717, 1.165) is 30.1 Å². The Hall–Kier alpha value is -1.76. The number of nitrogens with zero attached hydrogens (tertiary/aromatic N) is 4. The first kappa shape index (κ1) is 15.1. The zero-order valence-electron chi connectivity index (χ0n) is 13.1. The lowest BCUT2D eigenvalue weighted by atomic mass is 10.2. The number of hydrogen-bond acceptors (Lipinski definition) is 6. The van der Waals surface area contributed by atoms with Crippen LogP contribution in [0.2, 0.25) is 0 Å². The highest BCUT2D eigenvalue weighted by molar-refractivity contribution is 7.09. The van der Waals surface area contributed by atoms with Gasteiger partial charge in [-0.15, -0.1) is 11.3 Å². The van der Waals surface area contributed by atoms with Crippen LogP contribution in [-0.2, 0) is 11.2 Å². The molecule has 0 aromatic carbocycles. The molecule has 1 aliphatic heterocycles. The fraction of sp³-hybridized carbons (Fsp3) is 0.600. The lowest BCUT2D eigenvalue weighted by Crippen LogP contribution is -2.32. The van der Waals surface area contributed by atoms with Crippen LogP contribution in [0.15, 0.2) is 9.90 Å². The van der Waals surface area contributed by atoms with Crippen molar-refractivity contribution in [3.05, 3.63) is 27.8 Å². The van der Waals surface area contributed by atoms with E-state index >= 15 is 0 Å². The molecule has 0 unspecified atom stereocenters. The molecule has 1 atom stereocenters. The van der Waals surface area contributed by atoms with E-state index in [0.29, 0.717) is 18.1 Å². The monoisotopic (exact) mass is 320 g/mol. The fourth-order valence-corrected chi connectivity index (χ4v) is 3.31. The van der Waals surface area contributed by atoms with Crippen LogP contribution >= 0.6 is 11.3 Å². The maximum Gasteiger partial charge on any atom is 0.229 e. The molecule has 6 nitrogen and oxygen atoms in total. The zero-order valence-corrected chi connectivity index (χ0v) is 13.9. The van der Waals surface area contributed by atoms with Crippen LogP contribution in [0.5, 0.6) is 0 Å². The normalized spacial score (nSPS) is 18.4. The van der Waals surface area contributed by atoms with Crippen LogP contribution in [0.25, 0.3) is 0 Å². The minimum atomic E-state index is -0.0662. The largest absolute Gasteiger partial charge is 0.339 e. The van der Waals surface area contributed by atoms with Gasteiger partial charge >= 0.3 is 0 Å². The van der Waals surface area contributed by atoms with Gasteiger partial charge in [0.15, 0.2) is 5.82 Å². The predicted molar refractivity (Wildman–Crippen MR) is 82.6 cm³/mol. The molecule has 0 N–H and O–H groups in total. The molecular formula is C15H20N4O2S. The first-order chi connectivity index (χ1) is 10.5. The number of rotatable bonds is 4. The van der Waals surface area contributed by atoms with Gasteiger partial charge in [0.05, 0.1) is 23.2 Å². The molecule has 3 rings (SSSR count). The van der Waals surface area contributed by atoms with Gasteiger partial charge in [-0.2, -0.15) is 4.98 Å². The third-order valence-corrected chi connectivity index (χ3v) is 4.64. The second-order valence-electron chi connectivity index (χ2n) is 5.93. The molecule has 2 aromatic rings. The number of thiazole rings is 1. The Balaban J connectivity index is 1.73. The molecular weight excluding hydrogens is 300 g/mol. The van der Waals surface area contributed by atoms with E-state index in [1.807, 2.05) is 31.1 Å². The molecule has 1 saturated heterocycles. The number of amides is 1. The molecule has 118 valence electrons. The van der Waals surface area contributed by atoms with Crippen molar-refractivity contribution in [2.75, 3.05) is 6.54 Å². The third-order valence-electron chi connectivity index (χ3n) is 3.82. The molecule has 1 fully saturated rings. The smallest absolute Gasteiger partial charge is 0.229 e. The molecule has 1 amide bonds. The lowest BCUT2D eigenvalue weighted by Gasteiger charge is -2.21. The molecule has 1 aliphatic rings. The molecule has 0 radical (unpaired) electrons. The van der Waals surface area contributed by atoms with Crippen LogP contribution < -0.4 is 0 Å². The summed E-state index contributed by atoms with van der Waals surface area (Å²) >= 11 is 1.57. The Bertz CT molecular complexity index is 664. The summed E-state index contributed by atoms with van der Waals surface area (Å²) in [6, 6.07) is -0.0662. The Labute approximate surface area is 133 Å². The first-order valence-corrected chi connectivity index (χ1v) is 8.46. The number of aromatic nitrogens is 3. The van der Waals surface area contributed by atoms with Gasteiger partial charge < -0.3 is 9.42 Å². The Morgan fingerprint density at radius 3 is 2.95 bits per heavy atom. The Morgan fingerprint density at radius 2 is 2.32 bits per heavy atom. The second-order valence-corrected chi connectivity index (χ2v) is 6.99. The topological polar surface area (TPSA) is 72.1 Å². The number of likely N-dealkylation sites (tertiary alicyclic amines) is 1. The average molecular weight is 320 g/mol. The van der Waals surface area contributed by atoms with E-state index < -0.39 is 0 Å². The highest BCUT2D eigenvalue weighted by Crippen LogP contribution is 2.31. The van der Waals surface area contributed by atoms with E-state index in [2.05, 4.69) is 15.1 Å². The van der Waals surface area contributed by atoms with Gasteiger partial charge in [0.1, 0.15) is 0 Å². The summed E-state index contributed by atoms with van der Waals surface area (Å²) in [6.07, 6.45) is 2.20. The maximum absolute atomic E-state index is 12.6. The summed E-state index contributed by atoms with van der Waals surface area (Å²) in [7, 11) is 0. The van der Waals surface area contributed by atoms with Crippen molar-refractivity contribution in [2.45, 2.75) is 52.0 Å². The predicted octanol–water partition coefficient (Wildman–Crippen LogP) is 2.86. The standard InChI is InChI=1S/C15H20N4O2S/c1-9(2)15-17-14(18-21-15)12-5-4-6-19(12)13(20)7-11-8-22-10(3)16-11/h8-9,12H,4-7H2,1-3H3/t12-/m1/s1. The van der Waals surface area contributed by atoms with Crippen LogP contribution in [0, 0.1) is 6.92 Å². The highest BCUT2D eigenvalue weighted by atomic mass is 32.1.